The third kappa shape index (κ3) is 4.75. The van der Waals surface area contributed by atoms with Crippen molar-refractivity contribution >= 4 is 34.9 Å². The van der Waals surface area contributed by atoms with Crippen molar-refractivity contribution in [3.05, 3.63) is 16.4 Å². The van der Waals surface area contributed by atoms with Crippen molar-refractivity contribution in [2.45, 2.75) is 32.2 Å². The molecule has 0 radical (unpaired) electrons. The summed E-state index contributed by atoms with van der Waals surface area (Å²) in [5.41, 5.74) is 0.506. The second-order valence-corrected chi connectivity index (χ2v) is 4.34. The van der Waals surface area contributed by atoms with Crippen LogP contribution in [0.25, 0.3) is 0 Å². The van der Waals surface area contributed by atoms with Crippen LogP contribution in [0, 0.1) is 0 Å². The lowest BCUT2D eigenvalue weighted by atomic mass is 10.1. The molecule has 0 aliphatic heterocycles. The SMILES string of the molecule is CCCC(CC(=O)O)Nc1cc(Cl)nnc1Cl. The number of carboxylic acids is 1. The number of anilines is 1. The van der Waals surface area contributed by atoms with Crippen LogP contribution in [0.3, 0.4) is 0 Å². The number of rotatable bonds is 6. The quantitative estimate of drug-likeness (QED) is 0.836. The molecule has 1 heterocycles. The van der Waals surface area contributed by atoms with Crippen LogP contribution in [-0.4, -0.2) is 27.3 Å². The fourth-order valence-corrected chi connectivity index (χ4v) is 1.75. The molecule has 0 aliphatic rings. The van der Waals surface area contributed by atoms with E-state index in [1.165, 1.54) is 6.07 Å². The largest absolute Gasteiger partial charge is 0.481 e. The van der Waals surface area contributed by atoms with E-state index in [9.17, 15) is 4.79 Å². The molecule has 0 saturated heterocycles. The molecule has 94 valence electrons. The molecule has 0 aromatic carbocycles. The lowest BCUT2D eigenvalue weighted by molar-refractivity contribution is -0.137. The van der Waals surface area contributed by atoms with Gasteiger partial charge in [-0.25, -0.2) is 0 Å². The van der Waals surface area contributed by atoms with Gasteiger partial charge in [0.15, 0.2) is 10.3 Å². The maximum Gasteiger partial charge on any atom is 0.305 e. The molecule has 5 nitrogen and oxygen atoms in total. The fourth-order valence-electron chi connectivity index (χ4n) is 1.46. The van der Waals surface area contributed by atoms with E-state index in [0.29, 0.717) is 5.69 Å². The molecular formula is C10H13Cl2N3O2. The molecule has 0 spiro atoms. The summed E-state index contributed by atoms with van der Waals surface area (Å²) in [4.78, 5) is 10.7. The molecule has 1 aromatic heterocycles. The highest BCUT2D eigenvalue weighted by molar-refractivity contribution is 6.33. The van der Waals surface area contributed by atoms with E-state index in [-0.39, 0.29) is 22.8 Å². The highest BCUT2D eigenvalue weighted by atomic mass is 35.5. The van der Waals surface area contributed by atoms with E-state index < -0.39 is 5.97 Å². The van der Waals surface area contributed by atoms with Crippen LogP contribution in [0.4, 0.5) is 5.69 Å². The summed E-state index contributed by atoms with van der Waals surface area (Å²) in [6.07, 6.45) is 1.61. The molecule has 0 fully saturated rings. The summed E-state index contributed by atoms with van der Waals surface area (Å²) >= 11 is 11.5. The summed E-state index contributed by atoms with van der Waals surface area (Å²) in [6.45, 7) is 1.98. The minimum atomic E-state index is -0.861. The number of aliphatic carboxylic acids is 1. The minimum absolute atomic E-state index is 0.0180. The summed E-state index contributed by atoms with van der Waals surface area (Å²) < 4.78 is 0. The van der Waals surface area contributed by atoms with Gasteiger partial charge in [-0.3, -0.25) is 4.79 Å². The van der Waals surface area contributed by atoms with Crippen LogP contribution in [0.2, 0.25) is 10.3 Å². The number of hydrogen-bond donors (Lipinski definition) is 2. The Bertz CT molecular complexity index is 401. The number of aromatic nitrogens is 2. The average molecular weight is 278 g/mol. The summed E-state index contributed by atoms with van der Waals surface area (Å²) in [5.74, 6) is -0.861. The fraction of sp³-hybridized carbons (Fsp3) is 0.500. The van der Waals surface area contributed by atoms with E-state index in [2.05, 4.69) is 15.5 Å². The lowest BCUT2D eigenvalue weighted by Crippen LogP contribution is -2.23. The van der Waals surface area contributed by atoms with Crippen molar-refractivity contribution in [2.75, 3.05) is 5.32 Å². The number of carboxylic acid groups (broad SMARTS) is 1. The second-order valence-electron chi connectivity index (χ2n) is 3.60. The first-order chi connectivity index (χ1) is 8.02. The molecule has 1 rings (SSSR count). The Balaban J connectivity index is 2.77. The van der Waals surface area contributed by atoms with Crippen LogP contribution in [0.5, 0.6) is 0 Å². The molecule has 0 aliphatic carbocycles. The average Bonchev–Trinajstić information content (AvgIpc) is 2.23. The van der Waals surface area contributed by atoms with Crippen LogP contribution >= 0.6 is 23.2 Å². The van der Waals surface area contributed by atoms with E-state index in [0.717, 1.165) is 12.8 Å². The maximum absolute atomic E-state index is 10.7. The Morgan fingerprint density at radius 3 is 2.82 bits per heavy atom. The highest BCUT2D eigenvalue weighted by Crippen LogP contribution is 2.23. The molecule has 2 N–H and O–H groups in total. The maximum atomic E-state index is 10.7. The zero-order valence-corrected chi connectivity index (χ0v) is 10.8. The Kier molecular flexibility index (Phi) is 5.44. The van der Waals surface area contributed by atoms with Crippen molar-refractivity contribution in [1.82, 2.24) is 10.2 Å². The topological polar surface area (TPSA) is 75.1 Å². The van der Waals surface area contributed by atoms with Crippen LogP contribution in [0.1, 0.15) is 26.2 Å². The molecule has 0 amide bonds. The van der Waals surface area contributed by atoms with Crippen molar-refractivity contribution in [2.24, 2.45) is 0 Å². The lowest BCUT2D eigenvalue weighted by Gasteiger charge is -2.17. The predicted molar refractivity (Wildman–Crippen MR) is 66.6 cm³/mol. The van der Waals surface area contributed by atoms with Crippen molar-refractivity contribution < 1.29 is 9.90 Å². The first-order valence-electron chi connectivity index (χ1n) is 5.20. The minimum Gasteiger partial charge on any atom is -0.481 e. The third-order valence-corrected chi connectivity index (χ3v) is 2.60. The van der Waals surface area contributed by atoms with Gasteiger partial charge in [-0.2, -0.15) is 0 Å². The molecule has 1 atom stereocenters. The van der Waals surface area contributed by atoms with E-state index in [1.54, 1.807) is 0 Å². The third-order valence-electron chi connectivity index (χ3n) is 2.14. The Labute approximate surface area is 109 Å². The Morgan fingerprint density at radius 2 is 2.24 bits per heavy atom. The van der Waals surface area contributed by atoms with Gasteiger partial charge in [0.2, 0.25) is 0 Å². The molecule has 0 bridgehead atoms. The zero-order valence-electron chi connectivity index (χ0n) is 9.28. The molecule has 17 heavy (non-hydrogen) atoms. The van der Waals surface area contributed by atoms with Gasteiger partial charge < -0.3 is 10.4 Å². The Morgan fingerprint density at radius 1 is 1.53 bits per heavy atom. The van der Waals surface area contributed by atoms with Crippen molar-refractivity contribution in [1.29, 1.82) is 0 Å². The summed E-state index contributed by atoms with van der Waals surface area (Å²) in [7, 11) is 0. The zero-order chi connectivity index (χ0) is 12.8. The van der Waals surface area contributed by atoms with E-state index >= 15 is 0 Å². The molecule has 0 saturated carbocycles. The standard InChI is InChI=1S/C10H13Cl2N3O2/c1-2-3-6(4-9(16)17)13-7-5-8(11)14-15-10(7)12/h5-6H,2-4H2,1H3,(H,13,14)(H,16,17). The Hall–Kier alpha value is -1.07. The van der Waals surface area contributed by atoms with Gasteiger partial charge in [-0.15, -0.1) is 10.2 Å². The van der Waals surface area contributed by atoms with Crippen LogP contribution < -0.4 is 5.32 Å². The second kappa shape index (κ2) is 6.61. The number of nitrogens with zero attached hydrogens (tertiary/aromatic N) is 2. The normalized spacial score (nSPS) is 12.2. The number of halogens is 2. The number of hydrogen-bond acceptors (Lipinski definition) is 4. The van der Waals surface area contributed by atoms with E-state index in [4.69, 9.17) is 28.3 Å². The molecular weight excluding hydrogens is 265 g/mol. The summed E-state index contributed by atoms with van der Waals surface area (Å²) in [5, 5.41) is 19.4. The smallest absolute Gasteiger partial charge is 0.305 e. The molecule has 1 aromatic rings. The predicted octanol–water partition coefficient (Wildman–Crippen LogP) is 2.84. The first-order valence-corrected chi connectivity index (χ1v) is 5.95. The first kappa shape index (κ1) is 14.0. The molecule has 7 heteroatoms. The van der Waals surface area contributed by atoms with Gasteiger partial charge in [0.1, 0.15) is 0 Å². The van der Waals surface area contributed by atoms with E-state index in [1.807, 2.05) is 6.92 Å². The van der Waals surface area contributed by atoms with Crippen LogP contribution in [0.15, 0.2) is 6.07 Å². The van der Waals surface area contributed by atoms with Crippen LogP contribution in [-0.2, 0) is 4.79 Å². The van der Waals surface area contributed by atoms with Crippen molar-refractivity contribution in [3.63, 3.8) is 0 Å². The van der Waals surface area contributed by atoms with Crippen molar-refractivity contribution in [3.8, 4) is 0 Å². The number of nitrogens with one attached hydrogen (secondary N) is 1. The van der Waals surface area contributed by atoms with Gasteiger partial charge in [-0.1, -0.05) is 36.5 Å². The molecule has 1 unspecified atom stereocenters. The van der Waals surface area contributed by atoms with Gasteiger partial charge in [-0.05, 0) is 6.42 Å². The van der Waals surface area contributed by atoms with Gasteiger partial charge in [0.25, 0.3) is 0 Å². The highest BCUT2D eigenvalue weighted by Gasteiger charge is 2.14. The van der Waals surface area contributed by atoms with Gasteiger partial charge in [0.05, 0.1) is 12.1 Å². The van der Waals surface area contributed by atoms with Gasteiger partial charge in [0, 0.05) is 12.1 Å². The monoisotopic (exact) mass is 277 g/mol. The summed E-state index contributed by atoms with van der Waals surface area (Å²) in [6, 6.07) is 1.33. The number of carbonyl (C=O) groups is 1. The van der Waals surface area contributed by atoms with Gasteiger partial charge >= 0.3 is 5.97 Å².